The van der Waals surface area contributed by atoms with Crippen LogP contribution in [-0.2, 0) is 0 Å². The maximum absolute atomic E-state index is 13.0. The number of aromatic nitrogens is 1. The van der Waals surface area contributed by atoms with Gasteiger partial charge in [-0.05, 0) is 17.7 Å². The van der Waals surface area contributed by atoms with Gasteiger partial charge in [-0.25, -0.2) is 4.39 Å². The molecule has 0 aromatic carbocycles. The van der Waals surface area contributed by atoms with Crippen LogP contribution in [0.2, 0.25) is 0 Å². The van der Waals surface area contributed by atoms with Gasteiger partial charge in [-0.2, -0.15) is 0 Å². The summed E-state index contributed by atoms with van der Waals surface area (Å²) < 4.78 is 13.0. The fraction of sp³-hybridized carbons (Fsp3) is 0.222. The van der Waals surface area contributed by atoms with Gasteiger partial charge in [0.25, 0.3) is 0 Å². The molecule has 1 unspecified atom stereocenters. The highest BCUT2D eigenvalue weighted by Crippen LogP contribution is 2.18. The summed E-state index contributed by atoms with van der Waals surface area (Å²) in [5.41, 5.74) is 0.595. The van der Waals surface area contributed by atoms with Crippen LogP contribution in [-0.4, -0.2) is 4.98 Å². The Morgan fingerprint density at radius 3 is 2.73 bits per heavy atom. The van der Waals surface area contributed by atoms with E-state index in [2.05, 4.69) is 10.9 Å². The van der Waals surface area contributed by atoms with Crippen LogP contribution in [0.25, 0.3) is 0 Å². The summed E-state index contributed by atoms with van der Waals surface area (Å²) in [5, 5.41) is 0. The van der Waals surface area contributed by atoms with E-state index in [-0.39, 0.29) is 6.42 Å². The number of hydrogen-bond acceptors (Lipinski definition) is 1. The molecule has 0 spiro atoms. The lowest BCUT2D eigenvalue weighted by Gasteiger charge is -2.02. The van der Waals surface area contributed by atoms with Gasteiger partial charge >= 0.3 is 0 Å². The van der Waals surface area contributed by atoms with Crippen molar-refractivity contribution in [1.29, 1.82) is 0 Å². The summed E-state index contributed by atoms with van der Waals surface area (Å²) in [6, 6.07) is 3.25. The second-order valence-corrected chi connectivity index (χ2v) is 2.16. The summed E-state index contributed by atoms with van der Waals surface area (Å²) in [4.78, 5) is 3.77. The highest BCUT2D eigenvalue weighted by atomic mass is 19.1. The molecule has 0 amide bonds. The first-order chi connectivity index (χ1) is 5.34. The molecular weight excluding hydrogens is 141 g/mol. The molecule has 56 valence electrons. The van der Waals surface area contributed by atoms with Crippen molar-refractivity contribution in [1.82, 2.24) is 4.98 Å². The van der Waals surface area contributed by atoms with Crippen LogP contribution in [0, 0.1) is 12.3 Å². The number of alkyl halides is 1. The zero-order valence-electron chi connectivity index (χ0n) is 6.00. The molecular formula is C9H8FN. The minimum atomic E-state index is -1.05. The molecule has 0 aliphatic heterocycles. The van der Waals surface area contributed by atoms with E-state index in [1.54, 1.807) is 24.5 Å². The molecule has 0 fully saturated rings. The van der Waals surface area contributed by atoms with Crippen LogP contribution in [0.1, 0.15) is 18.2 Å². The van der Waals surface area contributed by atoms with Crippen molar-refractivity contribution in [2.45, 2.75) is 12.6 Å². The Kier molecular flexibility index (Phi) is 2.62. The number of nitrogens with zero attached hydrogens (tertiary/aromatic N) is 1. The molecule has 1 aromatic rings. The van der Waals surface area contributed by atoms with Crippen molar-refractivity contribution >= 4 is 0 Å². The number of hydrogen-bond donors (Lipinski definition) is 0. The minimum absolute atomic E-state index is 0.129. The van der Waals surface area contributed by atoms with Crippen molar-refractivity contribution in [2.75, 3.05) is 0 Å². The molecule has 1 heterocycles. The molecule has 2 heteroatoms. The van der Waals surface area contributed by atoms with Crippen LogP contribution in [0.15, 0.2) is 24.5 Å². The van der Waals surface area contributed by atoms with E-state index in [1.165, 1.54) is 0 Å². The average Bonchev–Trinajstić information content (AvgIpc) is 2.07. The van der Waals surface area contributed by atoms with Crippen LogP contribution >= 0.6 is 0 Å². The topological polar surface area (TPSA) is 12.9 Å². The van der Waals surface area contributed by atoms with E-state index in [0.29, 0.717) is 5.56 Å². The first kappa shape index (κ1) is 7.74. The Bertz CT molecular complexity index is 250. The van der Waals surface area contributed by atoms with E-state index >= 15 is 0 Å². The standard InChI is InChI=1S/C9H8FN/c1-2-3-9(10)8-4-6-11-7-5-8/h1,4-7,9H,3H2. The van der Waals surface area contributed by atoms with E-state index < -0.39 is 6.17 Å². The van der Waals surface area contributed by atoms with E-state index in [0.717, 1.165) is 0 Å². The monoisotopic (exact) mass is 149 g/mol. The van der Waals surface area contributed by atoms with Crippen molar-refractivity contribution in [3.63, 3.8) is 0 Å². The Morgan fingerprint density at radius 2 is 2.18 bits per heavy atom. The van der Waals surface area contributed by atoms with E-state index in [4.69, 9.17) is 6.42 Å². The minimum Gasteiger partial charge on any atom is -0.265 e. The van der Waals surface area contributed by atoms with Crippen molar-refractivity contribution in [3.05, 3.63) is 30.1 Å². The van der Waals surface area contributed by atoms with Crippen molar-refractivity contribution < 1.29 is 4.39 Å². The third-order valence-electron chi connectivity index (χ3n) is 1.36. The van der Waals surface area contributed by atoms with Crippen LogP contribution in [0.5, 0.6) is 0 Å². The molecule has 1 rings (SSSR count). The lowest BCUT2D eigenvalue weighted by Crippen LogP contribution is -1.89. The van der Waals surface area contributed by atoms with Gasteiger partial charge in [0.1, 0.15) is 6.17 Å². The van der Waals surface area contributed by atoms with Gasteiger partial charge in [-0.3, -0.25) is 4.98 Å². The van der Waals surface area contributed by atoms with Gasteiger partial charge in [-0.1, -0.05) is 0 Å². The molecule has 0 aliphatic rings. The van der Waals surface area contributed by atoms with E-state index in [1.807, 2.05) is 0 Å². The molecule has 11 heavy (non-hydrogen) atoms. The van der Waals surface area contributed by atoms with Crippen molar-refractivity contribution in [2.24, 2.45) is 0 Å². The number of halogens is 1. The second kappa shape index (κ2) is 3.72. The SMILES string of the molecule is C#CCC(F)c1ccncc1. The molecule has 0 saturated carbocycles. The fourth-order valence-electron chi connectivity index (χ4n) is 0.794. The Balaban J connectivity index is 2.70. The second-order valence-electron chi connectivity index (χ2n) is 2.16. The normalized spacial score (nSPS) is 12.0. The number of pyridine rings is 1. The highest BCUT2D eigenvalue weighted by Gasteiger charge is 2.05. The molecule has 0 radical (unpaired) electrons. The Labute approximate surface area is 65.3 Å². The van der Waals surface area contributed by atoms with Gasteiger partial charge in [0.05, 0.1) is 0 Å². The molecule has 0 aliphatic carbocycles. The lowest BCUT2D eigenvalue weighted by atomic mass is 10.1. The van der Waals surface area contributed by atoms with Crippen molar-refractivity contribution in [3.8, 4) is 12.3 Å². The Hall–Kier alpha value is -1.36. The predicted molar refractivity (Wildman–Crippen MR) is 41.5 cm³/mol. The van der Waals surface area contributed by atoms with Gasteiger partial charge < -0.3 is 0 Å². The average molecular weight is 149 g/mol. The highest BCUT2D eigenvalue weighted by molar-refractivity contribution is 5.14. The lowest BCUT2D eigenvalue weighted by molar-refractivity contribution is 0.351. The summed E-state index contributed by atoms with van der Waals surface area (Å²) in [5.74, 6) is 2.27. The van der Waals surface area contributed by atoms with Gasteiger partial charge in [0, 0.05) is 18.8 Å². The predicted octanol–water partition coefficient (Wildman–Crippen LogP) is 2.12. The summed E-state index contributed by atoms with van der Waals surface area (Å²) in [7, 11) is 0. The molecule has 1 atom stereocenters. The van der Waals surface area contributed by atoms with Gasteiger partial charge in [-0.15, -0.1) is 12.3 Å². The molecule has 1 aromatic heterocycles. The molecule has 1 nitrogen and oxygen atoms in total. The zero-order chi connectivity index (χ0) is 8.10. The third kappa shape index (κ3) is 2.05. The quantitative estimate of drug-likeness (QED) is 0.587. The fourth-order valence-corrected chi connectivity index (χ4v) is 0.794. The zero-order valence-corrected chi connectivity index (χ0v) is 6.00. The summed E-state index contributed by atoms with van der Waals surface area (Å²) in [6.45, 7) is 0. The molecule has 0 saturated heterocycles. The summed E-state index contributed by atoms with van der Waals surface area (Å²) >= 11 is 0. The summed E-state index contributed by atoms with van der Waals surface area (Å²) in [6.07, 6.45) is 7.15. The maximum atomic E-state index is 13.0. The van der Waals surface area contributed by atoms with Crippen LogP contribution in [0.4, 0.5) is 4.39 Å². The maximum Gasteiger partial charge on any atom is 0.136 e. The van der Waals surface area contributed by atoms with E-state index in [9.17, 15) is 4.39 Å². The van der Waals surface area contributed by atoms with Gasteiger partial charge in [0.2, 0.25) is 0 Å². The smallest absolute Gasteiger partial charge is 0.136 e. The van der Waals surface area contributed by atoms with Crippen LogP contribution in [0.3, 0.4) is 0 Å². The third-order valence-corrected chi connectivity index (χ3v) is 1.36. The first-order valence-electron chi connectivity index (χ1n) is 3.32. The Morgan fingerprint density at radius 1 is 1.55 bits per heavy atom. The number of rotatable bonds is 2. The number of terminal acetylenes is 1. The largest absolute Gasteiger partial charge is 0.265 e. The van der Waals surface area contributed by atoms with Gasteiger partial charge in [0.15, 0.2) is 0 Å². The first-order valence-corrected chi connectivity index (χ1v) is 3.32. The molecule has 0 bridgehead atoms. The molecule has 0 N–H and O–H groups in total. The van der Waals surface area contributed by atoms with Crippen LogP contribution < -0.4 is 0 Å².